The molecule has 0 aliphatic carbocycles. The van der Waals surface area contributed by atoms with E-state index in [1.807, 2.05) is 42.5 Å². The van der Waals surface area contributed by atoms with Crippen molar-refractivity contribution in [2.75, 3.05) is 5.32 Å². The molecule has 0 saturated carbocycles. The third-order valence-corrected chi connectivity index (χ3v) is 6.03. The molecule has 5 rings (SSSR count). The number of pyridine rings is 1. The second-order valence-corrected chi connectivity index (χ2v) is 8.57. The minimum Gasteiger partial charge on any atom is -0.406 e. The van der Waals surface area contributed by atoms with Crippen molar-refractivity contribution in [3.63, 3.8) is 0 Å². The summed E-state index contributed by atoms with van der Waals surface area (Å²) in [6, 6.07) is 25.9. The topological polar surface area (TPSA) is 60.3 Å². The van der Waals surface area contributed by atoms with Crippen molar-refractivity contribution < 1.29 is 22.7 Å². The molecule has 0 unspecified atom stereocenters. The number of ether oxygens (including phenoxy) is 1. The summed E-state index contributed by atoms with van der Waals surface area (Å²) in [6.07, 6.45) is -2.98. The Bertz CT molecular complexity index is 1650. The predicted octanol–water partition coefficient (Wildman–Crippen LogP) is 6.28. The number of rotatable bonds is 6. The van der Waals surface area contributed by atoms with Gasteiger partial charge in [-0.15, -0.1) is 13.2 Å². The molecule has 1 amide bonds. The van der Waals surface area contributed by atoms with Gasteiger partial charge in [0.15, 0.2) is 0 Å². The van der Waals surface area contributed by atoms with Gasteiger partial charge in [-0.1, -0.05) is 60.7 Å². The van der Waals surface area contributed by atoms with Crippen LogP contribution in [0, 0.1) is 0 Å². The maximum absolute atomic E-state index is 13.1. The number of carbonyl (C=O) groups excluding carboxylic acids is 1. The Hall–Kier alpha value is -4.59. The lowest BCUT2D eigenvalue weighted by atomic mass is 10.0. The Labute approximate surface area is 209 Å². The summed E-state index contributed by atoms with van der Waals surface area (Å²) >= 11 is 0. The van der Waals surface area contributed by atoms with E-state index in [2.05, 4.69) is 10.1 Å². The summed E-state index contributed by atoms with van der Waals surface area (Å²) in [5.74, 6) is -0.528. The third-order valence-electron chi connectivity index (χ3n) is 6.03. The van der Waals surface area contributed by atoms with E-state index in [4.69, 9.17) is 0 Å². The molecule has 37 heavy (non-hydrogen) atoms. The first kappa shape index (κ1) is 24.1. The first-order valence-corrected chi connectivity index (χ1v) is 11.5. The van der Waals surface area contributed by atoms with Gasteiger partial charge in [-0.3, -0.25) is 9.59 Å². The number of nitrogens with zero attached hydrogens (tertiary/aromatic N) is 1. The Morgan fingerprint density at radius 3 is 2.30 bits per heavy atom. The molecule has 0 aliphatic heterocycles. The predicted molar refractivity (Wildman–Crippen MR) is 137 cm³/mol. The molecular formula is C29H21F3N2O3. The fourth-order valence-electron chi connectivity index (χ4n) is 4.36. The summed E-state index contributed by atoms with van der Waals surface area (Å²) in [6.45, 7) is 0.165. The van der Waals surface area contributed by atoms with Crippen molar-refractivity contribution in [2.24, 2.45) is 0 Å². The number of aromatic nitrogens is 1. The van der Waals surface area contributed by atoms with Gasteiger partial charge in [-0.05, 0) is 52.2 Å². The third kappa shape index (κ3) is 5.48. The molecule has 5 nitrogen and oxygen atoms in total. The zero-order valence-electron chi connectivity index (χ0n) is 19.5. The lowest BCUT2D eigenvalue weighted by Gasteiger charge is -2.13. The maximum atomic E-state index is 13.1. The van der Waals surface area contributed by atoms with Crippen LogP contribution in [0.2, 0.25) is 0 Å². The number of carbonyl (C=O) groups is 1. The average Bonchev–Trinajstić information content (AvgIpc) is 2.86. The van der Waals surface area contributed by atoms with Crippen LogP contribution in [0.5, 0.6) is 5.75 Å². The van der Waals surface area contributed by atoms with Crippen LogP contribution in [-0.2, 0) is 17.8 Å². The number of hydrogen-bond donors (Lipinski definition) is 1. The van der Waals surface area contributed by atoms with Crippen molar-refractivity contribution in [3.05, 3.63) is 119 Å². The summed E-state index contributed by atoms with van der Waals surface area (Å²) in [7, 11) is 0. The van der Waals surface area contributed by atoms with E-state index in [0.29, 0.717) is 22.0 Å². The first-order chi connectivity index (χ1) is 17.8. The van der Waals surface area contributed by atoms with Gasteiger partial charge in [-0.25, -0.2) is 0 Å². The smallest absolute Gasteiger partial charge is 0.406 e. The second kappa shape index (κ2) is 9.81. The molecule has 0 spiro atoms. The van der Waals surface area contributed by atoms with Gasteiger partial charge < -0.3 is 14.6 Å². The summed E-state index contributed by atoms with van der Waals surface area (Å²) < 4.78 is 42.5. The molecule has 0 aliphatic rings. The van der Waals surface area contributed by atoms with E-state index in [1.54, 1.807) is 30.5 Å². The fraction of sp³-hybridized carbons (Fsp3) is 0.103. The average molecular weight is 502 g/mol. The highest BCUT2D eigenvalue weighted by molar-refractivity contribution is 6.03. The number of hydrogen-bond acceptors (Lipinski definition) is 3. The minimum atomic E-state index is -4.77. The van der Waals surface area contributed by atoms with Crippen LogP contribution in [0.15, 0.2) is 102 Å². The van der Waals surface area contributed by atoms with E-state index < -0.39 is 6.36 Å². The minimum absolute atomic E-state index is 0.165. The van der Waals surface area contributed by atoms with Gasteiger partial charge in [0, 0.05) is 22.7 Å². The van der Waals surface area contributed by atoms with Crippen molar-refractivity contribution >= 4 is 33.1 Å². The summed E-state index contributed by atoms with van der Waals surface area (Å²) in [5.41, 5.74) is 1.79. The Morgan fingerprint density at radius 2 is 1.51 bits per heavy atom. The molecule has 0 radical (unpaired) electrons. The monoisotopic (exact) mass is 502 g/mol. The van der Waals surface area contributed by atoms with E-state index in [1.165, 1.54) is 28.8 Å². The molecule has 186 valence electrons. The zero-order valence-corrected chi connectivity index (χ0v) is 19.5. The van der Waals surface area contributed by atoms with Crippen LogP contribution >= 0.6 is 0 Å². The molecule has 0 fully saturated rings. The van der Waals surface area contributed by atoms with Crippen molar-refractivity contribution in [3.8, 4) is 5.75 Å². The molecule has 0 saturated heterocycles. The molecular weight excluding hydrogens is 481 g/mol. The maximum Gasteiger partial charge on any atom is 0.573 e. The number of amides is 1. The van der Waals surface area contributed by atoms with Gasteiger partial charge in [-0.2, -0.15) is 0 Å². The Balaban J connectivity index is 1.35. The molecule has 1 heterocycles. The van der Waals surface area contributed by atoms with E-state index in [9.17, 15) is 22.8 Å². The summed E-state index contributed by atoms with van der Waals surface area (Å²) in [4.78, 5) is 26.0. The SMILES string of the molecule is O=C(Cc1cccc2ccccc12)Nc1cccc2c(=O)n(Cc3ccc(OC(F)(F)F)cc3)ccc12. The number of anilines is 1. The molecule has 0 atom stereocenters. The van der Waals surface area contributed by atoms with Crippen LogP contribution in [0.3, 0.4) is 0 Å². The molecule has 1 aromatic heterocycles. The van der Waals surface area contributed by atoms with Crippen LogP contribution in [-0.4, -0.2) is 16.8 Å². The summed E-state index contributed by atoms with van der Waals surface area (Å²) in [5, 5.41) is 6.02. The van der Waals surface area contributed by atoms with E-state index in [0.717, 1.165) is 16.3 Å². The number of alkyl halides is 3. The zero-order chi connectivity index (χ0) is 26.0. The van der Waals surface area contributed by atoms with Gasteiger partial charge in [0.25, 0.3) is 5.56 Å². The van der Waals surface area contributed by atoms with Crippen molar-refractivity contribution in [1.82, 2.24) is 4.57 Å². The molecule has 5 aromatic rings. The van der Waals surface area contributed by atoms with Crippen molar-refractivity contribution in [1.29, 1.82) is 0 Å². The van der Waals surface area contributed by atoms with Crippen LogP contribution in [0.25, 0.3) is 21.5 Å². The highest BCUT2D eigenvalue weighted by Crippen LogP contribution is 2.25. The Kier molecular flexibility index (Phi) is 6.40. The quantitative estimate of drug-likeness (QED) is 0.297. The van der Waals surface area contributed by atoms with Crippen molar-refractivity contribution in [2.45, 2.75) is 19.3 Å². The fourth-order valence-corrected chi connectivity index (χ4v) is 4.36. The molecule has 1 N–H and O–H groups in total. The number of halogens is 3. The lowest BCUT2D eigenvalue weighted by molar-refractivity contribution is -0.274. The van der Waals surface area contributed by atoms with Crippen LogP contribution in [0.1, 0.15) is 11.1 Å². The second-order valence-electron chi connectivity index (χ2n) is 8.57. The highest BCUT2D eigenvalue weighted by atomic mass is 19.4. The number of fused-ring (bicyclic) bond motifs is 2. The number of benzene rings is 4. The van der Waals surface area contributed by atoms with Gasteiger partial charge in [0.1, 0.15) is 5.75 Å². The number of nitrogens with one attached hydrogen (secondary N) is 1. The van der Waals surface area contributed by atoms with E-state index >= 15 is 0 Å². The lowest BCUT2D eigenvalue weighted by Crippen LogP contribution is -2.21. The molecule has 0 bridgehead atoms. The van der Waals surface area contributed by atoms with Gasteiger partial charge >= 0.3 is 6.36 Å². The highest BCUT2D eigenvalue weighted by Gasteiger charge is 2.30. The Morgan fingerprint density at radius 1 is 0.811 bits per heavy atom. The molecule has 8 heteroatoms. The normalized spacial score (nSPS) is 11.5. The van der Waals surface area contributed by atoms with Gasteiger partial charge in [0.2, 0.25) is 5.91 Å². The van der Waals surface area contributed by atoms with Crippen LogP contribution in [0.4, 0.5) is 18.9 Å². The van der Waals surface area contributed by atoms with Crippen LogP contribution < -0.4 is 15.6 Å². The van der Waals surface area contributed by atoms with Gasteiger partial charge in [0.05, 0.1) is 13.0 Å². The standard InChI is InChI=1S/C29H21F3N2O3/c30-29(31,32)37-22-13-11-19(12-14-22)18-34-16-15-24-25(28(34)36)9-4-10-26(24)33-27(35)17-21-7-3-6-20-5-1-2-8-23(20)21/h1-16H,17-18H2,(H,33,35). The first-order valence-electron chi connectivity index (χ1n) is 11.5. The molecule has 4 aromatic carbocycles. The largest absolute Gasteiger partial charge is 0.573 e. The van der Waals surface area contributed by atoms with E-state index in [-0.39, 0.29) is 30.2 Å².